The van der Waals surface area contributed by atoms with Crippen molar-refractivity contribution in [1.29, 1.82) is 0 Å². The van der Waals surface area contributed by atoms with Gasteiger partial charge in [-0.15, -0.1) is 0 Å². The number of hydrogen-bond acceptors (Lipinski definition) is 6. The molecule has 0 bridgehead atoms. The van der Waals surface area contributed by atoms with Crippen LogP contribution in [0.3, 0.4) is 0 Å². The highest BCUT2D eigenvalue weighted by Crippen LogP contribution is 2.32. The predicted molar refractivity (Wildman–Crippen MR) is 88.7 cm³/mol. The van der Waals surface area contributed by atoms with E-state index in [0.717, 1.165) is 7.11 Å². The highest BCUT2D eigenvalue weighted by atomic mass is 19.4. The first-order valence-corrected chi connectivity index (χ1v) is 7.62. The summed E-state index contributed by atoms with van der Waals surface area (Å²) in [4.78, 5) is 27.8. The first kappa shape index (κ1) is 20.0. The lowest BCUT2D eigenvalue weighted by Crippen LogP contribution is -2.69. The van der Waals surface area contributed by atoms with Crippen LogP contribution in [0.4, 0.5) is 19.0 Å². The topological polar surface area (TPSA) is 89.5 Å². The number of aromatic nitrogens is 1. The zero-order chi connectivity index (χ0) is 19.9. The summed E-state index contributed by atoms with van der Waals surface area (Å²) in [5, 5.41) is 3.54. The number of carbonyl (C=O) groups excluding carboxylic acids is 2. The molecule has 0 radical (unpaired) electrons. The first-order chi connectivity index (χ1) is 12.8. The van der Waals surface area contributed by atoms with Crippen LogP contribution in [0.15, 0.2) is 54.7 Å². The number of alkyl halides is 3. The van der Waals surface area contributed by atoms with Gasteiger partial charge in [-0.05, 0) is 24.3 Å². The number of ether oxygens (including phenoxy) is 2. The Morgan fingerprint density at radius 2 is 1.74 bits per heavy atom. The number of carbonyl (C=O) groups is 2. The lowest BCUT2D eigenvalue weighted by molar-refractivity contribution is -0.206. The van der Waals surface area contributed by atoms with E-state index in [1.54, 1.807) is 23.5 Å². The monoisotopic (exact) mass is 383 g/mol. The number of rotatable bonds is 7. The number of nitrogens with one attached hydrogen (secondary N) is 2. The molecular weight excluding hydrogens is 367 g/mol. The number of amides is 1. The number of esters is 1. The Hall–Kier alpha value is -3.30. The van der Waals surface area contributed by atoms with E-state index in [4.69, 9.17) is 4.74 Å². The average molecular weight is 383 g/mol. The maximum Gasteiger partial charge on any atom is 0.441 e. The number of pyridine rings is 1. The van der Waals surface area contributed by atoms with Crippen LogP contribution in [-0.2, 0) is 14.3 Å². The zero-order valence-electron chi connectivity index (χ0n) is 14.1. The molecule has 0 unspecified atom stereocenters. The number of anilines is 1. The zero-order valence-corrected chi connectivity index (χ0v) is 14.1. The van der Waals surface area contributed by atoms with Crippen molar-refractivity contribution in [3.05, 3.63) is 54.7 Å². The van der Waals surface area contributed by atoms with Crippen LogP contribution in [0.2, 0.25) is 0 Å². The molecule has 144 valence electrons. The van der Waals surface area contributed by atoms with Gasteiger partial charge in [-0.25, -0.2) is 9.78 Å². The Bertz CT molecular complexity index is 772. The number of hydrogen-bond donors (Lipinski definition) is 2. The second kappa shape index (κ2) is 8.39. The second-order valence-corrected chi connectivity index (χ2v) is 5.23. The van der Waals surface area contributed by atoms with Gasteiger partial charge in [0.2, 0.25) is 0 Å². The van der Waals surface area contributed by atoms with Gasteiger partial charge >= 0.3 is 17.8 Å². The molecule has 0 fully saturated rings. The fourth-order valence-corrected chi connectivity index (χ4v) is 2.08. The minimum atomic E-state index is -5.24. The molecule has 0 spiro atoms. The molecule has 1 aromatic heterocycles. The fraction of sp³-hybridized carbons (Fsp3) is 0.235. The molecule has 1 aromatic carbocycles. The van der Waals surface area contributed by atoms with Gasteiger partial charge in [0.1, 0.15) is 11.6 Å². The Labute approximate surface area is 152 Å². The van der Waals surface area contributed by atoms with Crippen molar-refractivity contribution in [2.24, 2.45) is 0 Å². The third kappa shape index (κ3) is 4.87. The summed E-state index contributed by atoms with van der Waals surface area (Å²) < 4.78 is 50.7. The normalized spacial score (nSPS) is 13.2. The molecule has 0 saturated heterocycles. The third-order valence-electron chi connectivity index (χ3n) is 3.34. The first-order valence-electron chi connectivity index (χ1n) is 7.62. The largest absolute Gasteiger partial charge is 0.484 e. The van der Waals surface area contributed by atoms with E-state index in [0.29, 0.717) is 0 Å². The van der Waals surface area contributed by atoms with Gasteiger partial charge in [-0.1, -0.05) is 24.3 Å². The summed E-state index contributed by atoms with van der Waals surface area (Å²) in [5.74, 6) is -2.95. The van der Waals surface area contributed by atoms with Gasteiger partial charge < -0.3 is 20.1 Å². The molecule has 2 N–H and O–H groups in total. The molecule has 0 saturated carbocycles. The smallest absolute Gasteiger partial charge is 0.441 e. The number of methoxy groups -OCH3 is 1. The van der Waals surface area contributed by atoms with Gasteiger partial charge in [0.25, 0.3) is 5.91 Å². The highest BCUT2D eigenvalue weighted by molar-refractivity contribution is 5.91. The summed E-state index contributed by atoms with van der Waals surface area (Å²) in [6.45, 7) is -0.747. The van der Waals surface area contributed by atoms with E-state index in [9.17, 15) is 22.8 Å². The highest BCUT2D eigenvalue weighted by Gasteiger charge is 2.63. The molecule has 0 aliphatic rings. The maximum absolute atomic E-state index is 13.8. The number of nitrogens with zero attached hydrogens (tertiary/aromatic N) is 1. The maximum atomic E-state index is 13.8. The molecule has 0 aliphatic carbocycles. The van der Waals surface area contributed by atoms with E-state index >= 15 is 0 Å². The Kier molecular flexibility index (Phi) is 6.22. The third-order valence-corrected chi connectivity index (χ3v) is 3.34. The predicted octanol–water partition coefficient (Wildman–Crippen LogP) is 2.12. The minimum Gasteiger partial charge on any atom is -0.484 e. The van der Waals surface area contributed by atoms with Crippen LogP contribution in [0.1, 0.15) is 0 Å². The summed E-state index contributed by atoms with van der Waals surface area (Å²) in [6.07, 6.45) is -4.01. The van der Waals surface area contributed by atoms with Crippen LogP contribution < -0.4 is 15.4 Å². The molecular formula is C17H16F3N3O4. The molecule has 2 rings (SSSR count). The molecule has 1 heterocycles. The van der Waals surface area contributed by atoms with Crippen molar-refractivity contribution in [2.75, 3.05) is 19.0 Å². The number of para-hydroxylation sites is 1. The van der Waals surface area contributed by atoms with Crippen molar-refractivity contribution in [1.82, 2.24) is 10.3 Å². The van der Waals surface area contributed by atoms with Gasteiger partial charge in [-0.3, -0.25) is 4.79 Å². The Morgan fingerprint density at radius 3 is 2.30 bits per heavy atom. The van der Waals surface area contributed by atoms with Crippen molar-refractivity contribution in [2.45, 2.75) is 11.8 Å². The lowest BCUT2D eigenvalue weighted by Gasteiger charge is -2.34. The van der Waals surface area contributed by atoms with Gasteiger partial charge in [0, 0.05) is 6.20 Å². The number of halogens is 3. The lowest BCUT2D eigenvalue weighted by atomic mass is 10.1. The summed E-state index contributed by atoms with van der Waals surface area (Å²) >= 11 is 0. The average Bonchev–Trinajstić information content (AvgIpc) is 2.66. The van der Waals surface area contributed by atoms with E-state index in [2.05, 4.69) is 9.72 Å². The molecule has 0 aliphatic heterocycles. The molecule has 7 nitrogen and oxygen atoms in total. The van der Waals surface area contributed by atoms with Gasteiger partial charge in [0.05, 0.1) is 7.11 Å². The van der Waals surface area contributed by atoms with E-state index in [-0.39, 0.29) is 11.6 Å². The summed E-state index contributed by atoms with van der Waals surface area (Å²) in [7, 11) is 0.773. The molecule has 1 amide bonds. The number of benzene rings is 1. The summed E-state index contributed by atoms with van der Waals surface area (Å²) in [6, 6.07) is 12.1. The van der Waals surface area contributed by atoms with Crippen LogP contribution in [0.25, 0.3) is 0 Å². The fourth-order valence-electron chi connectivity index (χ4n) is 2.08. The van der Waals surface area contributed by atoms with E-state index in [1.165, 1.54) is 36.5 Å². The SMILES string of the molecule is COC(=O)[C@](NC(=O)COc1ccccc1)(Nc1ccccn1)C(F)(F)F. The van der Waals surface area contributed by atoms with Crippen LogP contribution >= 0.6 is 0 Å². The quantitative estimate of drug-likeness (QED) is 0.562. The minimum absolute atomic E-state index is 0.279. The van der Waals surface area contributed by atoms with Crippen molar-refractivity contribution in [3.63, 3.8) is 0 Å². The van der Waals surface area contributed by atoms with Crippen molar-refractivity contribution in [3.8, 4) is 5.75 Å². The van der Waals surface area contributed by atoms with E-state index in [1.807, 2.05) is 5.32 Å². The molecule has 1 atom stereocenters. The van der Waals surface area contributed by atoms with Gasteiger partial charge in [0.15, 0.2) is 6.61 Å². The molecule has 2 aromatic rings. The second-order valence-electron chi connectivity index (χ2n) is 5.23. The standard InChI is InChI=1S/C17H16F3N3O4/c1-26-15(25)16(17(18,19)20,22-13-9-5-6-10-21-13)23-14(24)11-27-12-7-3-2-4-8-12/h2-10H,11H2,1H3,(H,21,22)(H,23,24)/t16-/m1/s1. The van der Waals surface area contributed by atoms with Crippen LogP contribution in [0, 0.1) is 0 Å². The van der Waals surface area contributed by atoms with E-state index < -0.39 is 30.3 Å². The Balaban J connectivity index is 2.25. The molecule has 10 heteroatoms. The van der Waals surface area contributed by atoms with Crippen molar-refractivity contribution < 1.29 is 32.2 Å². The van der Waals surface area contributed by atoms with Crippen molar-refractivity contribution >= 4 is 17.7 Å². The molecule has 27 heavy (non-hydrogen) atoms. The summed E-state index contributed by atoms with van der Waals surface area (Å²) in [5.41, 5.74) is -3.53. The van der Waals surface area contributed by atoms with Gasteiger partial charge in [-0.2, -0.15) is 13.2 Å². The Morgan fingerprint density at radius 1 is 1.07 bits per heavy atom. The van der Waals surface area contributed by atoms with Crippen LogP contribution in [0.5, 0.6) is 5.75 Å². The van der Waals surface area contributed by atoms with Crippen LogP contribution in [-0.4, -0.2) is 42.4 Å².